The van der Waals surface area contributed by atoms with Crippen LogP contribution in [0.4, 0.5) is 5.82 Å². The minimum absolute atomic E-state index is 0.243. The summed E-state index contributed by atoms with van der Waals surface area (Å²) in [4.78, 5) is 36.8. The van der Waals surface area contributed by atoms with E-state index in [0.717, 1.165) is 5.56 Å². The van der Waals surface area contributed by atoms with Gasteiger partial charge in [-0.3, -0.25) is 14.4 Å². The monoisotopic (exact) mass is 401 g/mol. The van der Waals surface area contributed by atoms with E-state index in [1.807, 2.05) is 31.9 Å². The summed E-state index contributed by atoms with van der Waals surface area (Å²) in [6.45, 7) is 4.40. The van der Waals surface area contributed by atoms with E-state index in [-0.39, 0.29) is 35.4 Å². The molecule has 0 bridgehead atoms. The molecule has 0 unspecified atom stereocenters. The predicted molar refractivity (Wildman–Crippen MR) is 109 cm³/mol. The minimum atomic E-state index is -0.369. The van der Waals surface area contributed by atoms with Crippen molar-refractivity contribution in [3.8, 4) is 11.5 Å². The molecule has 0 atom stereocenters. The molecule has 0 spiro atoms. The summed E-state index contributed by atoms with van der Waals surface area (Å²) in [6, 6.07) is 8.27. The van der Waals surface area contributed by atoms with Crippen LogP contribution in [0.3, 0.4) is 0 Å². The molecule has 29 heavy (non-hydrogen) atoms. The molecule has 1 N–H and O–H groups in total. The maximum Gasteiger partial charge on any atom is 0.311 e. The van der Waals surface area contributed by atoms with Crippen LogP contribution in [0.15, 0.2) is 35.1 Å². The van der Waals surface area contributed by atoms with Crippen molar-refractivity contribution in [1.29, 1.82) is 0 Å². The van der Waals surface area contributed by atoms with Gasteiger partial charge in [0.2, 0.25) is 0 Å². The van der Waals surface area contributed by atoms with Crippen molar-refractivity contribution < 1.29 is 19.1 Å². The highest BCUT2D eigenvalue weighted by molar-refractivity contribution is 5.76. The third-order valence-corrected chi connectivity index (χ3v) is 4.16. The van der Waals surface area contributed by atoms with Gasteiger partial charge in [0.1, 0.15) is 5.82 Å². The Morgan fingerprint density at radius 2 is 1.66 bits per heavy atom. The third-order valence-electron chi connectivity index (χ3n) is 4.16. The van der Waals surface area contributed by atoms with E-state index < -0.39 is 0 Å². The van der Waals surface area contributed by atoms with Gasteiger partial charge < -0.3 is 14.4 Å². The number of nitrogens with zero attached hydrogens (tertiary/aromatic N) is 2. The number of carbonyl (C=O) groups excluding carboxylic acids is 2. The van der Waals surface area contributed by atoms with Crippen molar-refractivity contribution in [2.45, 2.75) is 46.0 Å². The van der Waals surface area contributed by atoms with Crippen LogP contribution in [0, 0.1) is 0 Å². The molecule has 1 aromatic carbocycles. The quantitative estimate of drug-likeness (QED) is 0.482. The molecule has 0 aliphatic carbocycles. The number of aromatic nitrogens is 2. The second kappa shape index (κ2) is 11.0. The Kier molecular flexibility index (Phi) is 8.39. The van der Waals surface area contributed by atoms with Crippen LogP contribution in [-0.2, 0) is 16.0 Å². The van der Waals surface area contributed by atoms with Crippen molar-refractivity contribution in [1.82, 2.24) is 10.2 Å². The van der Waals surface area contributed by atoms with Crippen LogP contribution in [0.1, 0.15) is 45.1 Å². The predicted octanol–water partition coefficient (Wildman–Crippen LogP) is 2.86. The molecule has 0 amide bonds. The number of esters is 2. The SMILES string of the molecule is CCCC(=O)Oc1ccc(CCN(C)c2ccc(=O)[nH]n2)cc1OC(=O)CCC. The van der Waals surface area contributed by atoms with Crippen molar-refractivity contribution in [3.63, 3.8) is 0 Å². The van der Waals surface area contributed by atoms with Gasteiger partial charge in [0.25, 0.3) is 5.56 Å². The maximum atomic E-state index is 12.0. The van der Waals surface area contributed by atoms with Gasteiger partial charge >= 0.3 is 11.9 Å². The van der Waals surface area contributed by atoms with Crippen LogP contribution in [0.5, 0.6) is 11.5 Å². The number of carbonyl (C=O) groups is 2. The molecule has 0 aliphatic heterocycles. The molecule has 0 saturated heterocycles. The Bertz CT molecular complexity index is 874. The average molecular weight is 401 g/mol. The number of aromatic amines is 1. The molecule has 0 aliphatic rings. The lowest BCUT2D eigenvalue weighted by Crippen LogP contribution is -2.23. The first-order chi connectivity index (χ1) is 13.9. The largest absolute Gasteiger partial charge is 0.423 e. The van der Waals surface area contributed by atoms with Crippen LogP contribution in [-0.4, -0.2) is 35.7 Å². The molecule has 8 nitrogen and oxygen atoms in total. The summed E-state index contributed by atoms with van der Waals surface area (Å²) in [5.41, 5.74) is 0.657. The Hall–Kier alpha value is -3.16. The second-order valence-electron chi connectivity index (χ2n) is 6.68. The van der Waals surface area contributed by atoms with Gasteiger partial charge in [-0.15, -0.1) is 0 Å². The highest BCUT2D eigenvalue weighted by Crippen LogP contribution is 2.30. The molecule has 8 heteroatoms. The van der Waals surface area contributed by atoms with Gasteiger partial charge in [-0.2, -0.15) is 5.10 Å². The van der Waals surface area contributed by atoms with Crippen LogP contribution < -0.4 is 19.9 Å². The Morgan fingerprint density at radius 1 is 1.00 bits per heavy atom. The van der Waals surface area contributed by atoms with Crippen molar-refractivity contribution >= 4 is 17.8 Å². The molecule has 0 radical (unpaired) electrons. The number of hydrogen-bond donors (Lipinski definition) is 1. The van der Waals surface area contributed by atoms with E-state index in [2.05, 4.69) is 10.2 Å². The van der Waals surface area contributed by atoms with Gasteiger partial charge in [-0.1, -0.05) is 19.9 Å². The highest BCUT2D eigenvalue weighted by atomic mass is 16.6. The van der Waals surface area contributed by atoms with Gasteiger partial charge in [-0.25, -0.2) is 5.10 Å². The molecule has 156 valence electrons. The van der Waals surface area contributed by atoms with Crippen LogP contribution in [0.25, 0.3) is 0 Å². The standard InChI is InChI=1S/C21H27N3O5/c1-4-6-20(26)28-16-9-8-15(14-17(16)29-21(27)7-5-2)12-13-24(3)18-10-11-19(25)23-22-18/h8-11,14H,4-7,12-13H2,1-3H3,(H,23,25). The molecule has 2 aromatic rings. The number of hydrogen-bond acceptors (Lipinski definition) is 7. The lowest BCUT2D eigenvalue weighted by atomic mass is 10.1. The molecular weight excluding hydrogens is 374 g/mol. The molecule has 0 saturated carbocycles. The van der Waals surface area contributed by atoms with Crippen molar-refractivity contribution in [2.75, 3.05) is 18.5 Å². The van der Waals surface area contributed by atoms with Crippen molar-refractivity contribution in [3.05, 3.63) is 46.2 Å². The second-order valence-corrected chi connectivity index (χ2v) is 6.68. The first-order valence-electron chi connectivity index (χ1n) is 9.74. The summed E-state index contributed by atoms with van der Waals surface area (Å²) in [5, 5.41) is 6.40. The summed E-state index contributed by atoms with van der Waals surface area (Å²) in [6.07, 6.45) is 2.56. The first kappa shape index (κ1) is 22.1. The van der Waals surface area contributed by atoms with Crippen molar-refractivity contribution in [2.24, 2.45) is 0 Å². The minimum Gasteiger partial charge on any atom is -0.423 e. The number of rotatable bonds is 10. The fourth-order valence-corrected chi connectivity index (χ4v) is 2.59. The summed E-state index contributed by atoms with van der Waals surface area (Å²) < 4.78 is 10.8. The zero-order chi connectivity index (χ0) is 21.2. The first-order valence-corrected chi connectivity index (χ1v) is 9.74. The van der Waals surface area contributed by atoms with E-state index in [4.69, 9.17) is 9.47 Å². The lowest BCUT2D eigenvalue weighted by Gasteiger charge is -2.18. The summed E-state index contributed by atoms with van der Waals surface area (Å²) in [5.74, 6) is 0.399. The van der Waals surface area contributed by atoms with E-state index >= 15 is 0 Å². The number of H-pyrrole nitrogens is 1. The molecular formula is C21H27N3O5. The smallest absolute Gasteiger partial charge is 0.311 e. The fourth-order valence-electron chi connectivity index (χ4n) is 2.59. The molecule has 2 rings (SSSR count). The molecule has 1 aromatic heterocycles. The summed E-state index contributed by atoms with van der Waals surface area (Å²) >= 11 is 0. The van der Waals surface area contributed by atoms with E-state index in [1.54, 1.807) is 18.2 Å². The van der Waals surface area contributed by atoms with Gasteiger partial charge in [0, 0.05) is 32.5 Å². The van der Waals surface area contributed by atoms with Crippen LogP contribution >= 0.6 is 0 Å². The van der Waals surface area contributed by atoms with E-state index in [1.165, 1.54) is 6.07 Å². The number of benzene rings is 1. The molecule has 0 fully saturated rings. The number of nitrogens with one attached hydrogen (secondary N) is 1. The maximum absolute atomic E-state index is 12.0. The van der Waals surface area contributed by atoms with E-state index in [9.17, 15) is 14.4 Å². The highest BCUT2D eigenvalue weighted by Gasteiger charge is 2.15. The Balaban J connectivity index is 2.12. The number of likely N-dealkylation sites (N-methyl/N-ethyl adjacent to an activating group) is 1. The third kappa shape index (κ3) is 7.06. The van der Waals surface area contributed by atoms with Crippen LogP contribution in [0.2, 0.25) is 0 Å². The Morgan fingerprint density at radius 3 is 2.24 bits per heavy atom. The zero-order valence-electron chi connectivity index (χ0n) is 17.1. The number of ether oxygens (including phenoxy) is 2. The fraction of sp³-hybridized carbons (Fsp3) is 0.429. The Labute approximate surface area is 169 Å². The average Bonchev–Trinajstić information content (AvgIpc) is 2.68. The summed E-state index contributed by atoms with van der Waals surface area (Å²) in [7, 11) is 1.86. The lowest BCUT2D eigenvalue weighted by molar-refractivity contribution is -0.137. The van der Waals surface area contributed by atoms with Gasteiger partial charge in [0.15, 0.2) is 11.5 Å². The topological polar surface area (TPSA) is 102 Å². The molecule has 1 heterocycles. The number of anilines is 1. The van der Waals surface area contributed by atoms with Gasteiger partial charge in [0.05, 0.1) is 0 Å². The zero-order valence-corrected chi connectivity index (χ0v) is 17.1. The van der Waals surface area contributed by atoms with E-state index in [0.29, 0.717) is 38.0 Å². The van der Waals surface area contributed by atoms with Gasteiger partial charge in [-0.05, 0) is 43.0 Å². The normalized spacial score (nSPS) is 10.4.